The molecule has 0 heterocycles. The average Bonchev–Trinajstić information content (AvgIpc) is 2.64. The molecule has 7 nitrogen and oxygen atoms in total. The fourth-order valence-corrected chi connectivity index (χ4v) is 3.83. The van der Waals surface area contributed by atoms with Gasteiger partial charge in [0.2, 0.25) is 15.9 Å². The molecule has 2 aromatic rings. The van der Waals surface area contributed by atoms with Gasteiger partial charge in [0.1, 0.15) is 16.4 Å². The van der Waals surface area contributed by atoms with E-state index in [-0.39, 0.29) is 29.6 Å². The molecule has 0 aliphatic carbocycles. The summed E-state index contributed by atoms with van der Waals surface area (Å²) in [6.45, 7) is 3.63. The van der Waals surface area contributed by atoms with E-state index >= 15 is 0 Å². The minimum Gasteiger partial charge on any atom is -0.497 e. The summed E-state index contributed by atoms with van der Waals surface area (Å²) in [7, 11) is -0.985. The van der Waals surface area contributed by atoms with Crippen LogP contribution >= 0.6 is 0 Å². The molecule has 146 valence electrons. The Morgan fingerprint density at radius 2 is 1.85 bits per heavy atom. The number of nitrogens with zero attached hydrogens (tertiary/aromatic N) is 1. The summed E-state index contributed by atoms with van der Waals surface area (Å²) < 4.78 is 38.1. The van der Waals surface area contributed by atoms with Crippen molar-refractivity contribution in [3.05, 3.63) is 48.0 Å². The van der Waals surface area contributed by atoms with Crippen LogP contribution in [0.5, 0.6) is 11.5 Å². The van der Waals surface area contributed by atoms with Gasteiger partial charge < -0.3 is 14.4 Å². The second kappa shape index (κ2) is 8.88. The molecule has 0 radical (unpaired) electrons. The van der Waals surface area contributed by atoms with Crippen molar-refractivity contribution in [3.8, 4) is 11.5 Å². The zero-order valence-electron chi connectivity index (χ0n) is 15.9. The van der Waals surface area contributed by atoms with Crippen LogP contribution in [0.15, 0.2) is 47.4 Å². The third-order valence-corrected chi connectivity index (χ3v) is 5.46. The van der Waals surface area contributed by atoms with Crippen molar-refractivity contribution in [3.63, 3.8) is 0 Å². The van der Waals surface area contributed by atoms with Crippen LogP contribution in [-0.4, -0.2) is 41.6 Å². The van der Waals surface area contributed by atoms with Crippen LogP contribution < -0.4 is 19.1 Å². The lowest BCUT2D eigenvalue weighted by Gasteiger charge is -2.22. The normalized spacial score (nSPS) is 11.1. The van der Waals surface area contributed by atoms with Crippen LogP contribution in [0.25, 0.3) is 0 Å². The van der Waals surface area contributed by atoms with Crippen LogP contribution in [0.1, 0.15) is 12.5 Å². The molecule has 0 fully saturated rings. The molecule has 2 aromatic carbocycles. The number of anilines is 1. The third-order valence-electron chi connectivity index (χ3n) is 3.98. The molecule has 8 heteroatoms. The highest BCUT2D eigenvalue weighted by Crippen LogP contribution is 2.28. The maximum atomic E-state index is 12.7. The van der Waals surface area contributed by atoms with Crippen LogP contribution in [0.2, 0.25) is 0 Å². The smallest absolute Gasteiger partial charge is 0.244 e. The zero-order chi connectivity index (χ0) is 20.0. The van der Waals surface area contributed by atoms with Crippen molar-refractivity contribution in [1.29, 1.82) is 0 Å². The SMILES string of the molecule is COc1ccc(OC)c(S(=O)(=O)NCCN(C(C)=O)c2cccc(C)c2)c1. The molecule has 0 aliphatic rings. The number of amides is 1. The van der Waals surface area contributed by atoms with E-state index in [2.05, 4.69) is 4.72 Å². The summed E-state index contributed by atoms with van der Waals surface area (Å²) in [6.07, 6.45) is 0. The Labute approximate surface area is 160 Å². The van der Waals surface area contributed by atoms with Crippen LogP contribution in [0.3, 0.4) is 0 Å². The van der Waals surface area contributed by atoms with Crippen LogP contribution in [0.4, 0.5) is 5.69 Å². The molecule has 0 aliphatic heterocycles. The van der Waals surface area contributed by atoms with Crippen molar-refractivity contribution in [2.45, 2.75) is 18.7 Å². The lowest BCUT2D eigenvalue weighted by atomic mass is 10.2. The molecule has 0 atom stereocenters. The van der Waals surface area contributed by atoms with Crippen molar-refractivity contribution in [2.24, 2.45) is 0 Å². The second-order valence-corrected chi connectivity index (χ2v) is 7.66. The Balaban J connectivity index is 2.16. The van der Waals surface area contributed by atoms with Gasteiger partial charge in [0.05, 0.1) is 14.2 Å². The van der Waals surface area contributed by atoms with E-state index < -0.39 is 10.0 Å². The number of nitrogens with one attached hydrogen (secondary N) is 1. The zero-order valence-corrected chi connectivity index (χ0v) is 16.7. The quantitative estimate of drug-likeness (QED) is 0.745. The lowest BCUT2D eigenvalue weighted by molar-refractivity contribution is -0.116. The molecule has 2 rings (SSSR count). The minimum absolute atomic E-state index is 0.0192. The first-order valence-electron chi connectivity index (χ1n) is 8.35. The molecule has 0 saturated carbocycles. The van der Waals surface area contributed by atoms with E-state index in [9.17, 15) is 13.2 Å². The number of carbonyl (C=O) groups excluding carboxylic acids is 1. The molecule has 0 spiro atoms. The van der Waals surface area contributed by atoms with Crippen LogP contribution in [0, 0.1) is 6.92 Å². The lowest BCUT2D eigenvalue weighted by Crippen LogP contribution is -2.37. The molecule has 27 heavy (non-hydrogen) atoms. The first kappa shape index (κ1) is 20.7. The third kappa shape index (κ3) is 5.21. The van der Waals surface area contributed by atoms with Crippen molar-refractivity contribution < 1.29 is 22.7 Å². The van der Waals surface area contributed by atoms with E-state index in [1.54, 1.807) is 6.07 Å². The average molecular weight is 392 g/mol. The molecular weight excluding hydrogens is 368 g/mol. The fraction of sp³-hybridized carbons (Fsp3) is 0.316. The molecule has 0 bridgehead atoms. The van der Waals surface area contributed by atoms with Crippen LogP contribution in [-0.2, 0) is 14.8 Å². The highest BCUT2D eigenvalue weighted by Gasteiger charge is 2.21. The summed E-state index contributed by atoms with van der Waals surface area (Å²) in [6, 6.07) is 12.0. The van der Waals surface area contributed by atoms with Gasteiger partial charge >= 0.3 is 0 Å². The van der Waals surface area contributed by atoms with Gasteiger partial charge in [-0.15, -0.1) is 0 Å². The largest absolute Gasteiger partial charge is 0.497 e. The highest BCUT2D eigenvalue weighted by molar-refractivity contribution is 7.89. The number of aryl methyl sites for hydroxylation is 1. The second-order valence-electron chi connectivity index (χ2n) is 5.92. The Kier molecular flexibility index (Phi) is 6.81. The van der Waals surface area contributed by atoms with E-state index in [1.165, 1.54) is 38.2 Å². The Morgan fingerprint density at radius 1 is 1.11 bits per heavy atom. The maximum absolute atomic E-state index is 12.7. The number of methoxy groups -OCH3 is 2. The first-order valence-corrected chi connectivity index (χ1v) is 9.83. The molecule has 0 saturated heterocycles. The monoisotopic (exact) mass is 392 g/mol. The van der Waals surface area contributed by atoms with E-state index in [4.69, 9.17) is 9.47 Å². The predicted octanol–water partition coefficient (Wildman–Crippen LogP) is 2.34. The van der Waals surface area contributed by atoms with E-state index in [1.807, 2.05) is 31.2 Å². The summed E-state index contributed by atoms with van der Waals surface area (Å²) in [5.41, 5.74) is 1.74. The number of hydrogen-bond donors (Lipinski definition) is 1. The molecule has 0 aromatic heterocycles. The van der Waals surface area contributed by atoms with Crippen molar-refractivity contribution in [2.75, 3.05) is 32.2 Å². The minimum atomic E-state index is -3.84. The maximum Gasteiger partial charge on any atom is 0.244 e. The molecule has 0 unspecified atom stereocenters. The summed E-state index contributed by atoms with van der Waals surface area (Å²) in [5, 5.41) is 0. The number of carbonyl (C=O) groups is 1. The van der Waals surface area contributed by atoms with Gasteiger partial charge in [0.25, 0.3) is 0 Å². The standard InChI is InChI=1S/C19H24N2O5S/c1-14-6-5-7-16(12-14)21(15(2)22)11-10-20-27(23,24)19-13-17(25-3)8-9-18(19)26-4/h5-9,12-13,20H,10-11H2,1-4H3. The van der Waals surface area contributed by atoms with Gasteiger partial charge in [-0.05, 0) is 36.8 Å². The number of rotatable bonds is 8. The predicted molar refractivity (Wildman–Crippen MR) is 104 cm³/mol. The van der Waals surface area contributed by atoms with Gasteiger partial charge in [-0.3, -0.25) is 4.79 Å². The molecular formula is C19H24N2O5S. The van der Waals surface area contributed by atoms with Gasteiger partial charge in [-0.2, -0.15) is 0 Å². The fourth-order valence-electron chi connectivity index (χ4n) is 2.63. The van der Waals surface area contributed by atoms with Crippen molar-refractivity contribution in [1.82, 2.24) is 4.72 Å². The van der Waals surface area contributed by atoms with Crippen molar-refractivity contribution >= 4 is 21.6 Å². The number of ether oxygens (including phenoxy) is 2. The van der Waals surface area contributed by atoms with Gasteiger partial charge in [0.15, 0.2) is 0 Å². The topological polar surface area (TPSA) is 84.9 Å². The summed E-state index contributed by atoms with van der Waals surface area (Å²) in [5.74, 6) is 0.450. The Bertz CT molecular complexity index is 912. The van der Waals surface area contributed by atoms with E-state index in [0.717, 1.165) is 11.3 Å². The van der Waals surface area contributed by atoms with Gasteiger partial charge in [-0.25, -0.2) is 13.1 Å². The first-order chi connectivity index (χ1) is 12.8. The summed E-state index contributed by atoms with van der Waals surface area (Å²) in [4.78, 5) is 13.5. The number of sulfonamides is 1. The van der Waals surface area contributed by atoms with Gasteiger partial charge in [0, 0.05) is 31.8 Å². The Hall–Kier alpha value is -2.58. The molecule has 1 amide bonds. The highest BCUT2D eigenvalue weighted by atomic mass is 32.2. The van der Waals surface area contributed by atoms with Gasteiger partial charge in [-0.1, -0.05) is 12.1 Å². The Morgan fingerprint density at radius 3 is 2.44 bits per heavy atom. The number of hydrogen-bond acceptors (Lipinski definition) is 5. The molecule has 1 N–H and O–H groups in total. The van der Waals surface area contributed by atoms with E-state index in [0.29, 0.717) is 5.75 Å². The number of benzene rings is 2. The summed E-state index contributed by atoms with van der Waals surface area (Å²) >= 11 is 0.